The highest BCUT2D eigenvalue weighted by molar-refractivity contribution is 7.47. The molecule has 17 nitrogen and oxygen atoms in total. The van der Waals surface area contributed by atoms with Crippen LogP contribution in [0.4, 0.5) is 0 Å². The summed E-state index contributed by atoms with van der Waals surface area (Å²) in [6.07, 6.45) is 65.5. The molecule has 0 radical (unpaired) electrons. The van der Waals surface area contributed by atoms with E-state index in [1.807, 2.05) is 0 Å². The number of ether oxygens (including phenoxy) is 4. The summed E-state index contributed by atoms with van der Waals surface area (Å²) in [6, 6.07) is 0. The molecule has 19 heteroatoms. The van der Waals surface area contributed by atoms with Gasteiger partial charge < -0.3 is 33.8 Å². The summed E-state index contributed by atoms with van der Waals surface area (Å²) in [4.78, 5) is 72.9. The zero-order chi connectivity index (χ0) is 73.4. The van der Waals surface area contributed by atoms with Crippen molar-refractivity contribution >= 4 is 39.5 Å². The van der Waals surface area contributed by atoms with Crippen LogP contribution in [0.15, 0.2) is 0 Å². The fourth-order valence-electron chi connectivity index (χ4n) is 12.6. The fourth-order valence-corrected chi connectivity index (χ4v) is 14.2. The number of phosphoric ester groups is 2. The van der Waals surface area contributed by atoms with Gasteiger partial charge in [0.15, 0.2) is 12.2 Å². The van der Waals surface area contributed by atoms with Crippen LogP contribution in [-0.2, 0) is 65.4 Å². The van der Waals surface area contributed by atoms with Crippen LogP contribution in [0.1, 0.15) is 433 Å². The van der Waals surface area contributed by atoms with Crippen molar-refractivity contribution in [3.05, 3.63) is 0 Å². The van der Waals surface area contributed by atoms with Crippen molar-refractivity contribution in [1.82, 2.24) is 0 Å². The SMILES string of the molecule is CCCCCCCCCCCCCCCCCCCCCCCCC(=O)O[C@H](COC(=O)CCCCCCCCCCCCCCCCC)COP(=O)(O)OC[C@@H](O)COP(=O)(O)OC[C@@H](COC(=O)CCCCCCCCC(C)C)OC(=O)CCCCCCCCCCCCCCCC. The van der Waals surface area contributed by atoms with Crippen molar-refractivity contribution in [2.24, 2.45) is 5.92 Å². The van der Waals surface area contributed by atoms with E-state index in [4.69, 9.17) is 37.0 Å². The van der Waals surface area contributed by atoms with E-state index >= 15 is 0 Å². The van der Waals surface area contributed by atoms with E-state index in [0.717, 1.165) is 96.3 Å². The molecule has 100 heavy (non-hydrogen) atoms. The molecule has 0 aliphatic carbocycles. The highest BCUT2D eigenvalue weighted by Crippen LogP contribution is 2.45. The first-order valence-corrected chi connectivity index (χ1v) is 45.1. The van der Waals surface area contributed by atoms with Crippen molar-refractivity contribution in [1.29, 1.82) is 0 Å². The van der Waals surface area contributed by atoms with Gasteiger partial charge in [0, 0.05) is 25.7 Å². The Bertz CT molecular complexity index is 1910. The molecule has 0 aromatic rings. The van der Waals surface area contributed by atoms with Crippen LogP contribution in [0.2, 0.25) is 0 Å². The third-order valence-electron chi connectivity index (χ3n) is 19.0. The number of aliphatic hydroxyl groups excluding tert-OH is 1. The second-order valence-electron chi connectivity index (χ2n) is 29.6. The van der Waals surface area contributed by atoms with E-state index < -0.39 is 97.5 Å². The predicted octanol–water partition coefficient (Wildman–Crippen LogP) is 24.4. The Labute approximate surface area is 613 Å². The Balaban J connectivity index is 5.19. The van der Waals surface area contributed by atoms with Crippen LogP contribution in [0.3, 0.4) is 0 Å². The van der Waals surface area contributed by atoms with Gasteiger partial charge in [-0.05, 0) is 31.6 Å². The third kappa shape index (κ3) is 74.3. The number of unbranched alkanes of at least 4 members (excludes halogenated alkanes) is 53. The van der Waals surface area contributed by atoms with Gasteiger partial charge in [0.25, 0.3) is 0 Å². The Morgan fingerprint density at radius 1 is 0.270 bits per heavy atom. The highest BCUT2D eigenvalue weighted by atomic mass is 31.2. The molecule has 0 saturated heterocycles. The lowest BCUT2D eigenvalue weighted by Gasteiger charge is -2.21. The minimum atomic E-state index is -4.96. The Hall–Kier alpha value is -1.94. The molecule has 3 N–H and O–H groups in total. The normalized spacial score (nSPS) is 13.8. The quantitative estimate of drug-likeness (QED) is 0.0222. The summed E-state index contributed by atoms with van der Waals surface area (Å²) in [7, 11) is -9.92. The Morgan fingerprint density at radius 2 is 0.460 bits per heavy atom. The van der Waals surface area contributed by atoms with E-state index in [1.54, 1.807) is 0 Å². The molecule has 0 heterocycles. The standard InChI is InChI=1S/C81H158O17P2/c1-6-9-12-15-18-21-24-27-30-31-32-33-34-35-36-38-41-44-47-50-57-62-67-80(85)97-76(70-91-78(83)64-59-54-48-45-42-40-37-28-25-22-19-16-13-10-7-2)72-95-99(87,88)93-68-75(82)69-94-100(89,90)96-73-77(71-92-79(84)65-60-55-52-51-53-58-63-74(4)5)98-81(86)66-61-56-49-46-43-39-29-26-23-20-17-14-11-8-3/h74-77,82H,6-73H2,1-5H3,(H,87,88)(H,89,90)/t75-,76-,77-/m1/s1. The van der Waals surface area contributed by atoms with Gasteiger partial charge in [0.1, 0.15) is 19.3 Å². The first-order valence-electron chi connectivity index (χ1n) is 42.1. The van der Waals surface area contributed by atoms with E-state index in [9.17, 15) is 43.2 Å². The molecule has 0 aliphatic heterocycles. The first kappa shape index (κ1) is 98.1. The van der Waals surface area contributed by atoms with Crippen molar-refractivity contribution in [3.8, 4) is 0 Å². The number of esters is 4. The zero-order valence-electron chi connectivity index (χ0n) is 65.3. The number of phosphoric acid groups is 2. The van der Waals surface area contributed by atoms with Crippen molar-refractivity contribution in [3.63, 3.8) is 0 Å². The smallest absolute Gasteiger partial charge is 0.462 e. The van der Waals surface area contributed by atoms with Gasteiger partial charge >= 0.3 is 39.5 Å². The second kappa shape index (κ2) is 73.9. The number of hydrogen-bond acceptors (Lipinski definition) is 15. The molecular weight excluding hydrogens is 1310 g/mol. The lowest BCUT2D eigenvalue weighted by molar-refractivity contribution is -0.161. The largest absolute Gasteiger partial charge is 0.472 e. The summed E-state index contributed by atoms with van der Waals surface area (Å²) in [5, 5.41) is 10.6. The molecule has 0 aromatic carbocycles. The van der Waals surface area contributed by atoms with Gasteiger partial charge in [-0.15, -0.1) is 0 Å². The molecule has 0 amide bonds. The predicted molar refractivity (Wildman–Crippen MR) is 409 cm³/mol. The maximum atomic E-state index is 13.1. The van der Waals surface area contributed by atoms with Gasteiger partial charge in [-0.2, -0.15) is 0 Å². The van der Waals surface area contributed by atoms with Crippen molar-refractivity contribution in [2.75, 3.05) is 39.6 Å². The number of rotatable bonds is 81. The number of hydrogen-bond donors (Lipinski definition) is 3. The van der Waals surface area contributed by atoms with Crippen LogP contribution in [-0.4, -0.2) is 96.7 Å². The van der Waals surface area contributed by atoms with Gasteiger partial charge in [-0.1, -0.05) is 381 Å². The van der Waals surface area contributed by atoms with E-state index in [0.29, 0.717) is 31.6 Å². The molecule has 5 atom stereocenters. The molecule has 2 unspecified atom stereocenters. The maximum Gasteiger partial charge on any atom is 0.472 e. The Morgan fingerprint density at radius 3 is 0.680 bits per heavy atom. The molecular formula is C81H158O17P2. The van der Waals surface area contributed by atoms with E-state index in [2.05, 4.69) is 34.6 Å². The Kier molecular flexibility index (Phi) is 72.5. The van der Waals surface area contributed by atoms with Crippen molar-refractivity contribution in [2.45, 2.75) is 451 Å². The van der Waals surface area contributed by atoms with E-state index in [-0.39, 0.29) is 25.7 Å². The van der Waals surface area contributed by atoms with Crippen LogP contribution in [0.5, 0.6) is 0 Å². The van der Waals surface area contributed by atoms with Crippen molar-refractivity contribution < 1.29 is 80.2 Å². The maximum absolute atomic E-state index is 13.1. The summed E-state index contributed by atoms with van der Waals surface area (Å²) in [5.74, 6) is -1.43. The molecule has 0 fully saturated rings. The number of carbonyl (C=O) groups excluding carboxylic acids is 4. The first-order chi connectivity index (χ1) is 48.5. The van der Waals surface area contributed by atoms with Crippen LogP contribution < -0.4 is 0 Å². The van der Waals surface area contributed by atoms with Crippen LogP contribution in [0.25, 0.3) is 0 Å². The topological polar surface area (TPSA) is 237 Å². The van der Waals surface area contributed by atoms with Crippen LogP contribution >= 0.6 is 15.6 Å². The molecule has 594 valence electrons. The van der Waals surface area contributed by atoms with Gasteiger partial charge in [-0.3, -0.25) is 37.3 Å². The number of aliphatic hydroxyl groups is 1. The monoisotopic (exact) mass is 1470 g/mol. The second-order valence-corrected chi connectivity index (χ2v) is 32.5. The average Bonchev–Trinajstić information content (AvgIpc) is 0.935. The minimum absolute atomic E-state index is 0.107. The molecule has 0 spiro atoms. The summed E-state index contributed by atoms with van der Waals surface area (Å²) < 4.78 is 68.7. The van der Waals surface area contributed by atoms with Gasteiger partial charge in [-0.25, -0.2) is 9.13 Å². The molecule has 0 aliphatic rings. The molecule has 0 aromatic heterocycles. The lowest BCUT2D eigenvalue weighted by Crippen LogP contribution is -2.30. The molecule has 0 bridgehead atoms. The highest BCUT2D eigenvalue weighted by Gasteiger charge is 2.30. The third-order valence-corrected chi connectivity index (χ3v) is 20.9. The summed E-state index contributed by atoms with van der Waals surface area (Å²) in [6.45, 7) is 7.25. The minimum Gasteiger partial charge on any atom is -0.462 e. The fraction of sp³-hybridized carbons (Fsp3) is 0.951. The zero-order valence-corrected chi connectivity index (χ0v) is 67.1. The summed E-state index contributed by atoms with van der Waals surface area (Å²) in [5.41, 5.74) is 0. The molecule has 0 saturated carbocycles. The average molecular weight is 1470 g/mol. The van der Waals surface area contributed by atoms with E-state index in [1.165, 1.54) is 250 Å². The summed E-state index contributed by atoms with van der Waals surface area (Å²) >= 11 is 0. The van der Waals surface area contributed by atoms with Gasteiger partial charge in [0.2, 0.25) is 0 Å². The van der Waals surface area contributed by atoms with Gasteiger partial charge in [0.05, 0.1) is 26.4 Å². The molecule has 0 rings (SSSR count). The van der Waals surface area contributed by atoms with Crippen LogP contribution in [0, 0.1) is 5.92 Å². The lowest BCUT2D eigenvalue weighted by atomic mass is 10.0. The number of carbonyl (C=O) groups is 4.